The summed E-state index contributed by atoms with van der Waals surface area (Å²) in [5.74, 6) is -4.41. The first kappa shape index (κ1) is 10.1. The van der Waals surface area contributed by atoms with Crippen molar-refractivity contribution >= 4 is 16.8 Å². The number of hydrogen-bond donors (Lipinski definition) is 0. The average Bonchev–Trinajstić information content (AvgIpc) is 2.07. The van der Waals surface area contributed by atoms with E-state index in [1.807, 2.05) is 0 Å². The Morgan fingerprint density at radius 1 is 1.31 bits per heavy atom. The van der Waals surface area contributed by atoms with E-state index in [1.165, 1.54) is 0 Å². The molecule has 0 radical (unpaired) electrons. The largest absolute Gasteiger partial charge is 0.276 e. The topological polar surface area (TPSA) is 17.1 Å². The van der Waals surface area contributed by atoms with Crippen LogP contribution < -0.4 is 0 Å². The molecule has 0 unspecified atom stereocenters. The third kappa shape index (κ3) is 1.67. The molecular formula is C8H4ClF3O. The van der Waals surface area contributed by atoms with Crippen LogP contribution in [-0.4, -0.2) is 5.24 Å². The van der Waals surface area contributed by atoms with Gasteiger partial charge in [-0.25, -0.2) is 13.2 Å². The average molecular weight is 209 g/mol. The van der Waals surface area contributed by atoms with Gasteiger partial charge in [0.15, 0.2) is 17.5 Å². The quantitative estimate of drug-likeness (QED) is 0.512. The van der Waals surface area contributed by atoms with Crippen LogP contribution in [0.25, 0.3) is 0 Å². The van der Waals surface area contributed by atoms with E-state index in [0.29, 0.717) is 6.07 Å². The maximum atomic E-state index is 12.8. The Hall–Kier alpha value is -1.03. The highest BCUT2D eigenvalue weighted by atomic mass is 35.5. The summed E-state index contributed by atoms with van der Waals surface area (Å²) in [5, 5.41) is -1.02. The van der Waals surface area contributed by atoms with Gasteiger partial charge in [0, 0.05) is 11.1 Å². The Kier molecular flexibility index (Phi) is 2.61. The van der Waals surface area contributed by atoms with Gasteiger partial charge in [-0.2, -0.15) is 0 Å². The second kappa shape index (κ2) is 3.38. The normalized spacial score (nSPS) is 10.2. The van der Waals surface area contributed by atoms with E-state index in [1.54, 1.807) is 0 Å². The van der Waals surface area contributed by atoms with Crippen LogP contribution in [0.15, 0.2) is 6.07 Å². The molecule has 0 amide bonds. The summed E-state index contributed by atoms with van der Waals surface area (Å²) in [6.07, 6.45) is 0. The Balaban J connectivity index is 3.50. The predicted octanol–water partition coefficient (Wildman–Crippen LogP) is 2.79. The first-order valence-corrected chi connectivity index (χ1v) is 3.67. The van der Waals surface area contributed by atoms with Crippen LogP contribution in [0, 0.1) is 24.4 Å². The fraction of sp³-hybridized carbons (Fsp3) is 0.125. The summed E-state index contributed by atoms with van der Waals surface area (Å²) in [7, 11) is 0. The highest BCUT2D eigenvalue weighted by molar-refractivity contribution is 6.67. The molecule has 1 rings (SSSR count). The van der Waals surface area contributed by atoms with E-state index in [2.05, 4.69) is 0 Å². The Bertz CT molecular complexity index is 376. The van der Waals surface area contributed by atoms with E-state index < -0.39 is 22.7 Å². The molecule has 0 aliphatic rings. The molecule has 13 heavy (non-hydrogen) atoms. The Labute approximate surface area is 77.1 Å². The highest BCUT2D eigenvalue weighted by Gasteiger charge is 2.18. The summed E-state index contributed by atoms with van der Waals surface area (Å²) in [6, 6.07) is 0.572. The molecule has 0 N–H and O–H groups in total. The zero-order valence-corrected chi connectivity index (χ0v) is 7.25. The van der Waals surface area contributed by atoms with Gasteiger partial charge < -0.3 is 0 Å². The number of carbonyl (C=O) groups excluding carboxylic acids is 1. The molecule has 70 valence electrons. The molecule has 0 atom stereocenters. The SMILES string of the molecule is Cc1c(C(=O)Cl)cc(F)c(F)c1F. The zero-order chi connectivity index (χ0) is 10.2. The maximum Gasteiger partial charge on any atom is 0.252 e. The van der Waals surface area contributed by atoms with Gasteiger partial charge in [-0.3, -0.25) is 4.79 Å². The van der Waals surface area contributed by atoms with E-state index in [0.717, 1.165) is 6.92 Å². The van der Waals surface area contributed by atoms with Crippen molar-refractivity contribution in [1.82, 2.24) is 0 Å². The number of rotatable bonds is 1. The summed E-state index contributed by atoms with van der Waals surface area (Å²) in [6.45, 7) is 1.15. The number of benzene rings is 1. The molecule has 0 aliphatic heterocycles. The third-order valence-corrected chi connectivity index (χ3v) is 1.82. The van der Waals surface area contributed by atoms with Gasteiger partial charge in [0.25, 0.3) is 5.24 Å². The Morgan fingerprint density at radius 3 is 2.31 bits per heavy atom. The van der Waals surface area contributed by atoms with Gasteiger partial charge in [0.2, 0.25) is 0 Å². The van der Waals surface area contributed by atoms with Gasteiger partial charge in [-0.05, 0) is 24.6 Å². The minimum atomic E-state index is -1.60. The monoisotopic (exact) mass is 208 g/mol. The fourth-order valence-corrected chi connectivity index (χ4v) is 1.09. The van der Waals surface area contributed by atoms with E-state index in [9.17, 15) is 18.0 Å². The molecule has 0 bridgehead atoms. The van der Waals surface area contributed by atoms with Crippen LogP contribution in [0.2, 0.25) is 0 Å². The summed E-state index contributed by atoms with van der Waals surface area (Å²) in [5.41, 5.74) is -0.656. The smallest absolute Gasteiger partial charge is 0.252 e. The van der Waals surface area contributed by atoms with Crippen molar-refractivity contribution < 1.29 is 18.0 Å². The van der Waals surface area contributed by atoms with Crippen molar-refractivity contribution in [2.45, 2.75) is 6.92 Å². The first-order chi connectivity index (χ1) is 5.95. The van der Waals surface area contributed by atoms with E-state index in [-0.39, 0.29) is 11.1 Å². The van der Waals surface area contributed by atoms with Crippen molar-refractivity contribution in [2.75, 3.05) is 0 Å². The third-order valence-electron chi connectivity index (χ3n) is 1.62. The molecule has 0 saturated heterocycles. The van der Waals surface area contributed by atoms with Gasteiger partial charge in [-0.1, -0.05) is 0 Å². The number of hydrogen-bond acceptors (Lipinski definition) is 1. The van der Waals surface area contributed by atoms with Crippen molar-refractivity contribution in [1.29, 1.82) is 0 Å². The van der Waals surface area contributed by atoms with Gasteiger partial charge in [-0.15, -0.1) is 0 Å². The van der Waals surface area contributed by atoms with Crippen molar-refractivity contribution in [3.8, 4) is 0 Å². The lowest BCUT2D eigenvalue weighted by Crippen LogP contribution is -2.02. The Morgan fingerprint density at radius 2 is 1.85 bits per heavy atom. The number of halogens is 4. The molecule has 5 heteroatoms. The lowest BCUT2D eigenvalue weighted by Gasteiger charge is -2.03. The van der Waals surface area contributed by atoms with Gasteiger partial charge >= 0.3 is 0 Å². The fourth-order valence-electron chi connectivity index (χ4n) is 0.890. The second-order valence-corrected chi connectivity index (χ2v) is 2.78. The molecular weight excluding hydrogens is 205 g/mol. The van der Waals surface area contributed by atoms with Crippen LogP contribution in [0.3, 0.4) is 0 Å². The van der Waals surface area contributed by atoms with Crippen LogP contribution in [0.4, 0.5) is 13.2 Å². The van der Waals surface area contributed by atoms with Crippen molar-refractivity contribution in [3.05, 3.63) is 34.6 Å². The minimum Gasteiger partial charge on any atom is -0.276 e. The lowest BCUT2D eigenvalue weighted by atomic mass is 10.1. The molecule has 1 aromatic rings. The van der Waals surface area contributed by atoms with Crippen LogP contribution in [0.1, 0.15) is 15.9 Å². The summed E-state index contributed by atoms with van der Waals surface area (Å²) < 4.78 is 37.9. The van der Waals surface area contributed by atoms with Crippen LogP contribution in [0.5, 0.6) is 0 Å². The van der Waals surface area contributed by atoms with Gasteiger partial charge in [0.05, 0.1) is 0 Å². The lowest BCUT2D eigenvalue weighted by molar-refractivity contribution is 0.107. The molecule has 0 aromatic heterocycles. The minimum absolute atomic E-state index is 0.293. The molecule has 0 heterocycles. The highest BCUT2D eigenvalue weighted by Crippen LogP contribution is 2.20. The molecule has 1 nitrogen and oxygen atoms in total. The summed E-state index contributed by atoms with van der Waals surface area (Å²) in [4.78, 5) is 10.6. The van der Waals surface area contributed by atoms with Crippen molar-refractivity contribution in [3.63, 3.8) is 0 Å². The standard InChI is InChI=1S/C8H4ClF3O/c1-3-4(8(9)13)2-5(10)7(12)6(3)11/h2H,1H3. The molecule has 0 saturated carbocycles. The maximum absolute atomic E-state index is 12.8. The van der Waals surface area contributed by atoms with E-state index >= 15 is 0 Å². The molecule has 1 aromatic carbocycles. The number of carbonyl (C=O) groups is 1. The second-order valence-electron chi connectivity index (χ2n) is 2.43. The van der Waals surface area contributed by atoms with Crippen LogP contribution in [-0.2, 0) is 0 Å². The van der Waals surface area contributed by atoms with Gasteiger partial charge in [0.1, 0.15) is 0 Å². The molecule has 0 aliphatic carbocycles. The molecule has 0 fully saturated rings. The summed E-state index contributed by atoms with van der Waals surface area (Å²) >= 11 is 5.01. The van der Waals surface area contributed by atoms with Crippen molar-refractivity contribution in [2.24, 2.45) is 0 Å². The molecule has 0 spiro atoms. The van der Waals surface area contributed by atoms with Crippen LogP contribution >= 0.6 is 11.6 Å². The van der Waals surface area contributed by atoms with E-state index in [4.69, 9.17) is 11.6 Å². The predicted molar refractivity (Wildman–Crippen MR) is 41.2 cm³/mol. The zero-order valence-electron chi connectivity index (χ0n) is 6.50. The first-order valence-electron chi connectivity index (χ1n) is 3.29.